The van der Waals surface area contributed by atoms with E-state index in [1.54, 1.807) is 4.57 Å². The SMILES string of the molecule is CN1CCOC(Cn2c(CCl)nc3c(F)cc(F)cc32)C1. The zero-order chi connectivity index (χ0) is 15.0. The highest BCUT2D eigenvalue weighted by Crippen LogP contribution is 2.23. The molecule has 3 rings (SSSR count). The number of nitrogens with zero attached hydrogens (tertiary/aromatic N) is 3. The van der Waals surface area contributed by atoms with Crippen molar-refractivity contribution < 1.29 is 13.5 Å². The predicted molar refractivity (Wildman–Crippen MR) is 76.4 cm³/mol. The summed E-state index contributed by atoms with van der Waals surface area (Å²) in [6, 6.07) is 2.12. The molecule has 0 saturated carbocycles. The van der Waals surface area contributed by atoms with Crippen LogP contribution in [-0.4, -0.2) is 47.3 Å². The van der Waals surface area contributed by atoms with Gasteiger partial charge in [-0.2, -0.15) is 0 Å². The van der Waals surface area contributed by atoms with Crippen LogP contribution < -0.4 is 0 Å². The number of ether oxygens (including phenoxy) is 1. The monoisotopic (exact) mass is 315 g/mol. The number of likely N-dealkylation sites (N-methyl/N-ethyl adjacent to an activating group) is 1. The molecule has 0 amide bonds. The summed E-state index contributed by atoms with van der Waals surface area (Å²) >= 11 is 5.89. The van der Waals surface area contributed by atoms with Crippen molar-refractivity contribution >= 4 is 22.6 Å². The molecule has 2 aromatic rings. The second kappa shape index (κ2) is 5.87. The third-order valence-corrected chi connectivity index (χ3v) is 3.94. The quantitative estimate of drug-likeness (QED) is 0.815. The molecule has 1 fully saturated rings. The molecule has 1 saturated heterocycles. The maximum atomic E-state index is 13.8. The number of hydrogen-bond acceptors (Lipinski definition) is 3. The first-order chi connectivity index (χ1) is 10.1. The molecular weight excluding hydrogens is 300 g/mol. The van der Waals surface area contributed by atoms with Gasteiger partial charge in [-0.15, -0.1) is 11.6 Å². The molecule has 21 heavy (non-hydrogen) atoms. The lowest BCUT2D eigenvalue weighted by Crippen LogP contribution is -2.42. The van der Waals surface area contributed by atoms with Gasteiger partial charge in [0.15, 0.2) is 5.82 Å². The van der Waals surface area contributed by atoms with Crippen molar-refractivity contribution in [2.45, 2.75) is 18.5 Å². The number of morpholine rings is 1. The van der Waals surface area contributed by atoms with Crippen LogP contribution in [0.15, 0.2) is 12.1 Å². The fraction of sp³-hybridized carbons (Fsp3) is 0.500. The van der Waals surface area contributed by atoms with E-state index >= 15 is 0 Å². The minimum absolute atomic E-state index is 0.0468. The highest BCUT2D eigenvalue weighted by Gasteiger charge is 2.22. The summed E-state index contributed by atoms with van der Waals surface area (Å²) < 4.78 is 34.8. The van der Waals surface area contributed by atoms with E-state index < -0.39 is 11.6 Å². The lowest BCUT2D eigenvalue weighted by atomic mass is 10.2. The Bertz CT molecular complexity index is 661. The Morgan fingerprint density at radius 2 is 2.24 bits per heavy atom. The van der Waals surface area contributed by atoms with E-state index in [-0.39, 0.29) is 17.5 Å². The van der Waals surface area contributed by atoms with Gasteiger partial charge >= 0.3 is 0 Å². The average molecular weight is 316 g/mol. The lowest BCUT2D eigenvalue weighted by molar-refractivity contribution is -0.0272. The Labute approximate surface area is 126 Å². The van der Waals surface area contributed by atoms with Gasteiger partial charge in [0.2, 0.25) is 0 Å². The minimum atomic E-state index is -0.670. The van der Waals surface area contributed by atoms with Crippen molar-refractivity contribution in [1.29, 1.82) is 0 Å². The van der Waals surface area contributed by atoms with Crippen LogP contribution >= 0.6 is 11.6 Å². The zero-order valence-corrected chi connectivity index (χ0v) is 12.4. The van der Waals surface area contributed by atoms with Crippen molar-refractivity contribution in [2.24, 2.45) is 0 Å². The Hall–Kier alpha value is -1.24. The van der Waals surface area contributed by atoms with Gasteiger partial charge in [0.1, 0.15) is 17.2 Å². The van der Waals surface area contributed by atoms with Gasteiger partial charge in [-0.1, -0.05) is 0 Å². The molecule has 0 N–H and O–H groups in total. The molecule has 1 aromatic carbocycles. The second-order valence-corrected chi connectivity index (χ2v) is 5.55. The van der Waals surface area contributed by atoms with Crippen molar-refractivity contribution in [3.8, 4) is 0 Å². The number of imidazole rings is 1. The van der Waals surface area contributed by atoms with Gasteiger partial charge in [0.05, 0.1) is 30.7 Å². The van der Waals surface area contributed by atoms with Gasteiger partial charge in [0, 0.05) is 19.2 Å². The molecule has 1 unspecified atom stereocenters. The summed E-state index contributed by atoms with van der Waals surface area (Å²) in [5, 5.41) is 0. The number of fused-ring (bicyclic) bond motifs is 1. The van der Waals surface area contributed by atoms with Crippen LogP contribution in [-0.2, 0) is 17.2 Å². The Balaban J connectivity index is 1.99. The molecule has 0 spiro atoms. The molecule has 0 bridgehead atoms. The summed E-state index contributed by atoms with van der Waals surface area (Å²) in [6.07, 6.45) is -0.0468. The standard InChI is InChI=1S/C14H16ClF2N3O/c1-19-2-3-21-10(7-19)8-20-12-5-9(16)4-11(17)14(12)18-13(20)6-15/h4-5,10H,2-3,6-8H2,1H3. The summed E-state index contributed by atoms with van der Waals surface area (Å²) in [4.78, 5) is 6.34. The molecule has 0 radical (unpaired) electrons. The fourth-order valence-electron chi connectivity index (χ4n) is 2.68. The number of alkyl halides is 1. The zero-order valence-electron chi connectivity index (χ0n) is 11.7. The van der Waals surface area contributed by atoms with Crippen LogP contribution in [0, 0.1) is 11.6 Å². The predicted octanol–water partition coefficient (Wildman–Crippen LogP) is 2.38. The van der Waals surface area contributed by atoms with Crippen molar-refractivity contribution in [2.75, 3.05) is 26.7 Å². The summed E-state index contributed by atoms with van der Waals surface area (Å²) in [6.45, 7) is 2.77. The third kappa shape index (κ3) is 2.88. The summed E-state index contributed by atoms with van der Waals surface area (Å²) in [5.74, 6) is -0.632. The lowest BCUT2D eigenvalue weighted by Gasteiger charge is -2.30. The second-order valence-electron chi connectivity index (χ2n) is 5.28. The van der Waals surface area contributed by atoms with Gasteiger partial charge in [0.25, 0.3) is 0 Å². The Kier molecular flexibility index (Phi) is 4.10. The molecule has 1 aromatic heterocycles. The molecule has 2 heterocycles. The van der Waals surface area contributed by atoms with Crippen LogP contribution in [0.1, 0.15) is 5.82 Å². The number of rotatable bonds is 3. The Morgan fingerprint density at radius 1 is 1.43 bits per heavy atom. The maximum absolute atomic E-state index is 13.8. The number of halogens is 3. The van der Waals surface area contributed by atoms with Crippen LogP contribution in [0.4, 0.5) is 8.78 Å². The molecule has 4 nitrogen and oxygen atoms in total. The van der Waals surface area contributed by atoms with Crippen molar-refractivity contribution in [3.05, 3.63) is 29.6 Å². The van der Waals surface area contributed by atoms with E-state index in [9.17, 15) is 8.78 Å². The van der Waals surface area contributed by atoms with Crippen LogP contribution in [0.3, 0.4) is 0 Å². The molecule has 1 atom stereocenters. The van der Waals surface area contributed by atoms with Crippen LogP contribution in [0.5, 0.6) is 0 Å². The van der Waals surface area contributed by atoms with E-state index in [1.807, 2.05) is 7.05 Å². The molecule has 114 valence electrons. The fourth-order valence-corrected chi connectivity index (χ4v) is 2.89. The number of aromatic nitrogens is 2. The largest absolute Gasteiger partial charge is 0.374 e. The molecule has 1 aliphatic rings. The third-order valence-electron chi connectivity index (χ3n) is 3.70. The first kappa shape index (κ1) is 14.7. The van der Waals surface area contributed by atoms with E-state index in [0.717, 1.165) is 19.2 Å². The highest BCUT2D eigenvalue weighted by molar-refractivity contribution is 6.16. The normalized spacial score (nSPS) is 20.3. The first-order valence-corrected chi connectivity index (χ1v) is 7.32. The van der Waals surface area contributed by atoms with Crippen molar-refractivity contribution in [1.82, 2.24) is 14.5 Å². The number of benzene rings is 1. The summed E-state index contributed by atoms with van der Waals surface area (Å²) in [5.41, 5.74) is 0.566. The average Bonchev–Trinajstić information content (AvgIpc) is 2.77. The Morgan fingerprint density at radius 3 is 2.95 bits per heavy atom. The van der Waals surface area contributed by atoms with Crippen LogP contribution in [0.25, 0.3) is 11.0 Å². The first-order valence-electron chi connectivity index (χ1n) is 6.78. The van der Waals surface area contributed by atoms with Gasteiger partial charge in [-0.25, -0.2) is 13.8 Å². The van der Waals surface area contributed by atoms with E-state index in [4.69, 9.17) is 16.3 Å². The minimum Gasteiger partial charge on any atom is -0.374 e. The topological polar surface area (TPSA) is 30.3 Å². The van der Waals surface area contributed by atoms with Gasteiger partial charge in [-0.3, -0.25) is 0 Å². The highest BCUT2D eigenvalue weighted by atomic mass is 35.5. The van der Waals surface area contributed by atoms with Crippen LogP contribution in [0.2, 0.25) is 0 Å². The van der Waals surface area contributed by atoms with E-state index in [0.29, 0.717) is 24.5 Å². The van der Waals surface area contributed by atoms with E-state index in [2.05, 4.69) is 9.88 Å². The molecule has 1 aliphatic heterocycles. The summed E-state index contributed by atoms with van der Waals surface area (Å²) in [7, 11) is 2.02. The van der Waals surface area contributed by atoms with Gasteiger partial charge in [-0.05, 0) is 13.1 Å². The van der Waals surface area contributed by atoms with E-state index in [1.165, 1.54) is 6.07 Å². The van der Waals surface area contributed by atoms with Crippen molar-refractivity contribution in [3.63, 3.8) is 0 Å². The molecule has 0 aliphatic carbocycles. The molecule has 7 heteroatoms. The molecular formula is C14H16ClF2N3O. The smallest absolute Gasteiger partial charge is 0.153 e. The maximum Gasteiger partial charge on any atom is 0.153 e. The number of hydrogen-bond donors (Lipinski definition) is 0. The van der Waals surface area contributed by atoms with Gasteiger partial charge < -0.3 is 14.2 Å².